The summed E-state index contributed by atoms with van der Waals surface area (Å²) in [6.45, 7) is 6.21. The fourth-order valence-corrected chi connectivity index (χ4v) is 3.22. The van der Waals surface area contributed by atoms with Gasteiger partial charge in [-0.3, -0.25) is 9.55 Å². The quantitative estimate of drug-likeness (QED) is 0.646. The molecule has 1 heterocycles. The van der Waals surface area contributed by atoms with E-state index in [1.54, 1.807) is 6.07 Å². The minimum absolute atomic E-state index is 0. The van der Waals surface area contributed by atoms with Gasteiger partial charge in [0.05, 0.1) is 10.6 Å². The predicted octanol–water partition coefficient (Wildman–Crippen LogP) is 2.82. The third kappa shape index (κ3) is 2.78. The molecule has 1 N–H and O–H groups in total. The van der Waals surface area contributed by atoms with Crippen LogP contribution in [0.25, 0.3) is 10.8 Å². The Morgan fingerprint density at radius 1 is 1.14 bits per heavy atom. The summed E-state index contributed by atoms with van der Waals surface area (Å²) >= 11 is 0. The van der Waals surface area contributed by atoms with E-state index in [-0.39, 0.29) is 61.7 Å². The van der Waals surface area contributed by atoms with Crippen molar-refractivity contribution in [1.82, 2.24) is 0 Å². The van der Waals surface area contributed by atoms with Crippen molar-refractivity contribution in [2.75, 3.05) is 0 Å². The summed E-state index contributed by atoms with van der Waals surface area (Å²) in [6.07, 6.45) is 0. The van der Waals surface area contributed by atoms with Crippen molar-refractivity contribution in [3.8, 4) is 0 Å². The van der Waals surface area contributed by atoms with Gasteiger partial charge in [-0.15, -0.1) is 0 Å². The monoisotopic (exact) mass is 329 g/mol. The molecule has 21 heavy (non-hydrogen) atoms. The first-order valence-corrected chi connectivity index (χ1v) is 7.76. The first-order chi connectivity index (χ1) is 9.21. The van der Waals surface area contributed by atoms with E-state index in [2.05, 4.69) is 18.8 Å². The summed E-state index contributed by atoms with van der Waals surface area (Å²) in [5, 5.41) is 1.76. The van der Waals surface area contributed by atoms with Crippen LogP contribution in [-0.2, 0) is 15.5 Å². The van der Waals surface area contributed by atoms with Gasteiger partial charge in [0.15, 0.2) is 0 Å². The number of aliphatic imine (C=N–C) groups is 1. The topological polar surface area (TPSA) is 66.7 Å². The van der Waals surface area contributed by atoms with Crippen LogP contribution in [-0.4, -0.2) is 70.1 Å². The molecule has 0 bridgehead atoms. The zero-order valence-corrected chi connectivity index (χ0v) is 12.3. The van der Waals surface area contributed by atoms with Crippen LogP contribution in [0.2, 0.25) is 0 Å². The third-order valence-corrected chi connectivity index (χ3v) is 4.93. The van der Waals surface area contributed by atoms with E-state index in [1.165, 1.54) is 12.1 Å². The second-order valence-electron chi connectivity index (χ2n) is 5.64. The van der Waals surface area contributed by atoms with Crippen molar-refractivity contribution in [2.45, 2.75) is 31.1 Å². The molecule has 2 aromatic rings. The van der Waals surface area contributed by atoms with Gasteiger partial charge in [-0.05, 0) is 41.5 Å². The second-order valence-corrected chi connectivity index (χ2v) is 7.06. The molecule has 0 radical (unpaired) electrons. The van der Waals surface area contributed by atoms with E-state index < -0.39 is 10.1 Å². The Morgan fingerprint density at radius 2 is 1.81 bits per heavy atom. The summed E-state index contributed by atoms with van der Waals surface area (Å²) in [5.74, 6) is 0. The van der Waals surface area contributed by atoms with E-state index in [4.69, 9.17) is 4.55 Å². The molecule has 0 amide bonds. The molecular formula is C15H16KNO3S. The van der Waals surface area contributed by atoms with E-state index in [0.717, 1.165) is 27.7 Å². The van der Waals surface area contributed by atoms with Gasteiger partial charge in [-0.25, -0.2) is 0 Å². The Balaban J connectivity index is 0.00000161. The molecule has 0 spiro atoms. The van der Waals surface area contributed by atoms with Crippen molar-refractivity contribution in [2.24, 2.45) is 4.99 Å². The normalized spacial score (nSPS) is 16.3. The standard InChI is InChI=1S/C15H15NO3S.K.H/c1-9-15(2,3)14-12-6-5-11(20(17,18)19)8-10(12)4-7-13(14)16-9;;/h4-8H,1-3H3,(H,17,18,19);;. The van der Waals surface area contributed by atoms with Crippen LogP contribution >= 0.6 is 0 Å². The summed E-state index contributed by atoms with van der Waals surface area (Å²) in [6, 6.07) is 8.40. The Kier molecular flexibility index (Phi) is 4.54. The first-order valence-electron chi connectivity index (χ1n) is 6.32. The van der Waals surface area contributed by atoms with Crippen LogP contribution in [0.4, 0.5) is 5.69 Å². The average molecular weight is 329 g/mol. The Morgan fingerprint density at radius 3 is 2.43 bits per heavy atom. The maximum absolute atomic E-state index is 11.2. The fourth-order valence-electron chi connectivity index (χ4n) is 2.71. The zero-order chi connectivity index (χ0) is 14.7. The molecule has 0 saturated carbocycles. The van der Waals surface area contributed by atoms with E-state index in [1.807, 2.05) is 19.1 Å². The van der Waals surface area contributed by atoms with Crippen molar-refractivity contribution < 1.29 is 13.0 Å². The molecule has 0 saturated heterocycles. The number of hydrogen-bond acceptors (Lipinski definition) is 3. The van der Waals surface area contributed by atoms with Crippen molar-refractivity contribution in [3.63, 3.8) is 0 Å². The zero-order valence-electron chi connectivity index (χ0n) is 11.5. The maximum atomic E-state index is 11.2. The van der Waals surface area contributed by atoms with E-state index >= 15 is 0 Å². The van der Waals surface area contributed by atoms with Gasteiger partial charge < -0.3 is 0 Å². The van der Waals surface area contributed by atoms with Crippen LogP contribution < -0.4 is 0 Å². The molecule has 0 unspecified atom stereocenters. The van der Waals surface area contributed by atoms with E-state index in [0.29, 0.717) is 0 Å². The van der Waals surface area contributed by atoms with Crippen molar-refractivity contribution in [3.05, 3.63) is 35.9 Å². The van der Waals surface area contributed by atoms with Crippen LogP contribution in [0, 0.1) is 0 Å². The van der Waals surface area contributed by atoms with E-state index in [9.17, 15) is 8.42 Å². The molecule has 0 aliphatic carbocycles. The molecule has 0 fully saturated rings. The SMILES string of the molecule is CC1=Nc2ccc3cc(S(=O)(=O)O)ccc3c2C1(C)C.[KH]. The van der Waals surface area contributed by atoms with Gasteiger partial charge in [0.25, 0.3) is 10.1 Å². The Hall–Kier alpha value is -0.0836. The minimum atomic E-state index is -4.18. The summed E-state index contributed by atoms with van der Waals surface area (Å²) < 4.78 is 31.6. The molecule has 1 aliphatic heterocycles. The number of fused-ring (bicyclic) bond motifs is 3. The van der Waals surface area contributed by atoms with Crippen molar-refractivity contribution >= 4 is 83.7 Å². The molecule has 0 atom stereocenters. The molecule has 4 nitrogen and oxygen atoms in total. The molecule has 1 aliphatic rings. The van der Waals surface area contributed by atoms with Crippen molar-refractivity contribution in [1.29, 1.82) is 0 Å². The van der Waals surface area contributed by atoms with Gasteiger partial charge in [-0.2, -0.15) is 8.42 Å². The molecule has 106 valence electrons. The summed E-state index contributed by atoms with van der Waals surface area (Å²) in [7, 11) is -4.18. The predicted molar refractivity (Wildman–Crippen MR) is 86.7 cm³/mol. The van der Waals surface area contributed by atoms with Crippen LogP contribution in [0.5, 0.6) is 0 Å². The number of hydrogen-bond donors (Lipinski definition) is 1. The van der Waals surface area contributed by atoms with Gasteiger partial charge in [-0.1, -0.05) is 26.0 Å². The van der Waals surface area contributed by atoms with Crippen LogP contribution in [0.15, 0.2) is 40.2 Å². The number of benzene rings is 2. The first kappa shape index (κ1) is 17.3. The molecule has 0 aromatic heterocycles. The van der Waals surface area contributed by atoms with Crippen LogP contribution in [0.1, 0.15) is 26.3 Å². The molecular weight excluding hydrogens is 313 g/mol. The number of nitrogens with zero attached hydrogens (tertiary/aromatic N) is 1. The van der Waals surface area contributed by atoms with Gasteiger partial charge in [0, 0.05) is 11.1 Å². The number of rotatable bonds is 1. The Labute approximate surface area is 166 Å². The molecule has 2 aromatic carbocycles. The summed E-state index contributed by atoms with van der Waals surface area (Å²) in [4.78, 5) is 4.49. The van der Waals surface area contributed by atoms with Gasteiger partial charge >= 0.3 is 51.4 Å². The molecule has 6 heteroatoms. The molecule has 3 rings (SSSR count). The van der Waals surface area contributed by atoms with Gasteiger partial charge in [0.2, 0.25) is 0 Å². The van der Waals surface area contributed by atoms with Crippen LogP contribution in [0.3, 0.4) is 0 Å². The Bertz CT molecular complexity index is 870. The second kappa shape index (κ2) is 5.52. The average Bonchev–Trinajstić information content (AvgIpc) is 2.58. The van der Waals surface area contributed by atoms with Gasteiger partial charge in [0.1, 0.15) is 0 Å². The third-order valence-electron chi connectivity index (χ3n) is 4.08. The fraction of sp³-hybridized carbons (Fsp3) is 0.267. The summed E-state index contributed by atoms with van der Waals surface area (Å²) in [5.41, 5.74) is 2.90.